The van der Waals surface area contributed by atoms with Crippen LogP contribution in [0.25, 0.3) is 0 Å². The van der Waals surface area contributed by atoms with Crippen molar-refractivity contribution in [3.8, 4) is 6.07 Å². The van der Waals surface area contributed by atoms with Gasteiger partial charge in [0.2, 0.25) is 0 Å². The second-order valence-corrected chi connectivity index (χ2v) is 10.2. The molecular weight excluding hydrogens is 415 g/mol. The topological polar surface area (TPSA) is 72.3 Å². The lowest BCUT2D eigenvalue weighted by atomic mass is 9.56. The van der Waals surface area contributed by atoms with Gasteiger partial charge >= 0.3 is 12.2 Å². The highest BCUT2D eigenvalue weighted by Gasteiger charge is 2.56. The number of alkyl halides is 3. The maximum atomic E-state index is 12.9. The van der Waals surface area contributed by atoms with E-state index in [4.69, 9.17) is 5.26 Å². The van der Waals surface area contributed by atoms with E-state index >= 15 is 0 Å². The van der Waals surface area contributed by atoms with Crippen LogP contribution in [0.5, 0.6) is 0 Å². The van der Waals surface area contributed by atoms with Gasteiger partial charge in [-0.3, -0.25) is 9.71 Å². The summed E-state index contributed by atoms with van der Waals surface area (Å²) in [5.41, 5.74) is -0.577. The zero-order chi connectivity index (χ0) is 21.1. The minimum absolute atomic E-state index is 0.124. The Morgan fingerprint density at radius 3 is 2.60 bits per heavy atom. The molecule has 0 unspecified atom stereocenters. The molecule has 4 aliphatic rings. The van der Waals surface area contributed by atoms with E-state index in [1.165, 1.54) is 12.3 Å². The molecule has 1 saturated carbocycles. The molecule has 2 spiro atoms. The Balaban J connectivity index is 1.10. The van der Waals surface area contributed by atoms with Crippen LogP contribution in [-0.2, 0) is 12.6 Å². The number of nitrogens with one attached hydrogen (secondary N) is 1. The Labute approximate surface area is 176 Å². The van der Waals surface area contributed by atoms with Crippen molar-refractivity contribution in [2.24, 2.45) is 11.3 Å². The van der Waals surface area contributed by atoms with Gasteiger partial charge in [0, 0.05) is 43.5 Å². The van der Waals surface area contributed by atoms with Gasteiger partial charge in [-0.15, -0.1) is 0 Å². The first-order chi connectivity index (χ1) is 14.2. The lowest BCUT2D eigenvalue weighted by molar-refractivity contribution is -0.141. The molecule has 2 amide bonds. The number of hydrogen-bond donors (Lipinski definition) is 1. The average Bonchev–Trinajstić information content (AvgIpc) is 3.10. The van der Waals surface area contributed by atoms with Crippen molar-refractivity contribution in [2.75, 3.05) is 31.9 Å². The van der Waals surface area contributed by atoms with Gasteiger partial charge in [-0.05, 0) is 43.2 Å². The summed E-state index contributed by atoms with van der Waals surface area (Å²) in [5, 5.41) is 9.02. The summed E-state index contributed by atoms with van der Waals surface area (Å²) < 4.78 is 42.1. The van der Waals surface area contributed by atoms with Crippen LogP contribution in [0.4, 0.5) is 18.0 Å². The molecule has 0 radical (unpaired) electrons. The molecule has 0 atom stereocenters. The minimum atomic E-state index is -4.62. The van der Waals surface area contributed by atoms with Crippen molar-refractivity contribution >= 4 is 18.0 Å². The molecular formula is C20H22F3N5OS. The van der Waals surface area contributed by atoms with Crippen LogP contribution >= 0.6 is 11.9 Å². The van der Waals surface area contributed by atoms with Crippen LogP contribution in [0.3, 0.4) is 0 Å². The zero-order valence-corrected chi connectivity index (χ0v) is 17.2. The van der Waals surface area contributed by atoms with Gasteiger partial charge in [0.15, 0.2) is 5.69 Å². The molecule has 5 rings (SSSR count). The SMILES string of the molecule is N#Cc1cc(CC2CC3(C2)CN(C(=O)N2CC4(CCSN4)C2)C3)cnc1C(F)(F)F. The number of carbonyl (C=O) groups is 1. The first-order valence-corrected chi connectivity index (χ1v) is 11.1. The van der Waals surface area contributed by atoms with Crippen LogP contribution < -0.4 is 4.72 Å². The largest absolute Gasteiger partial charge is 0.434 e. The first-order valence-electron chi connectivity index (χ1n) is 10.1. The number of aromatic nitrogens is 1. The number of urea groups is 1. The Morgan fingerprint density at radius 1 is 1.30 bits per heavy atom. The van der Waals surface area contributed by atoms with Crippen molar-refractivity contribution < 1.29 is 18.0 Å². The molecule has 3 aliphatic heterocycles. The number of carbonyl (C=O) groups excluding carboxylic acids is 1. The number of rotatable bonds is 2. The molecule has 4 heterocycles. The van der Waals surface area contributed by atoms with Gasteiger partial charge < -0.3 is 9.80 Å². The summed E-state index contributed by atoms with van der Waals surface area (Å²) in [6.45, 7) is 3.10. The van der Waals surface area contributed by atoms with Crippen molar-refractivity contribution in [1.29, 1.82) is 5.26 Å². The van der Waals surface area contributed by atoms with Crippen LogP contribution in [0, 0.1) is 22.7 Å². The van der Waals surface area contributed by atoms with Crippen LogP contribution in [0.15, 0.2) is 12.3 Å². The Bertz CT molecular complexity index is 902. The van der Waals surface area contributed by atoms with Crippen LogP contribution in [0.2, 0.25) is 0 Å². The van der Waals surface area contributed by atoms with Gasteiger partial charge in [0.1, 0.15) is 6.07 Å². The molecule has 10 heteroatoms. The second-order valence-electron chi connectivity index (χ2n) is 9.30. The Hall–Kier alpha value is -1.99. The zero-order valence-electron chi connectivity index (χ0n) is 16.3. The first kappa shape index (κ1) is 19.9. The van der Waals surface area contributed by atoms with Crippen molar-refractivity contribution in [1.82, 2.24) is 19.5 Å². The van der Waals surface area contributed by atoms with Gasteiger partial charge in [-0.25, -0.2) is 4.79 Å². The van der Waals surface area contributed by atoms with E-state index in [2.05, 4.69) is 9.71 Å². The van der Waals surface area contributed by atoms with E-state index in [0.717, 1.165) is 51.2 Å². The third kappa shape index (κ3) is 3.32. The van der Waals surface area contributed by atoms with E-state index < -0.39 is 17.4 Å². The highest BCUT2D eigenvalue weighted by molar-refractivity contribution is 7.97. The molecule has 0 bridgehead atoms. The Kier molecular flexibility index (Phi) is 4.49. The maximum absolute atomic E-state index is 12.9. The smallest absolute Gasteiger partial charge is 0.323 e. The molecule has 6 nitrogen and oxygen atoms in total. The lowest BCUT2D eigenvalue weighted by Gasteiger charge is -2.61. The standard InChI is InChI=1S/C20H22F3N5OS/c21-20(22,23)16-15(7-24)4-13(8-25-16)3-14-5-18(6-14)9-27(10-18)17(29)28-11-19(12-28)1-2-30-26-19/h4,8,14,26H,1-3,5-6,9-12H2. The fraction of sp³-hybridized carbons (Fsp3) is 0.650. The van der Waals surface area contributed by atoms with Gasteiger partial charge in [0.05, 0.1) is 11.1 Å². The molecule has 30 heavy (non-hydrogen) atoms. The number of pyridine rings is 1. The number of likely N-dealkylation sites (tertiary alicyclic amines) is 2. The van der Waals surface area contributed by atoms with Crippen molar-refractivity contribution in [3.63, 3.8) is 0 Å². The van der Waals surface area contributed by atoms with E-state index in [0.29, 0.717) is 17.9 Å². The minimum Gasteiger partial charge on any atom is -0.323 e. The van der Waals surface area contributed by atoms with Gasteiger partial charge in [-0.1, -0.05) is 11.9 Å². The fourth-order valence-corrected chi connectivity index (χ4v) is 6.61. The van der Waals surface area contributed by atoms with Crippen LogP contribution in [-0.4, -0.2) is 58.3 Å². The third-order valence-corrected chi connectivity index (χ3v) is 7.84. The predicted molar refractivity (Wildman–Crippen MR) is 104 cm³/mol. The lowest BCUT2D eigenvalue weighted by Crippen LogP contribution is -2.73. The van der Waals surface area contributed by atoms with Gasteiger partial charge in [0.25, 0.3) is 0 Å². The van der Waals surface area contributed by atoms with Gasteiger partial charge in [-0.2, -0.15) is 18.4 Å². The number of halogens is 3. The van der Waals surface area contributed by atoms with Crippen molar-refractivity contribution in [2.45, 2.75) is 37.4 Å². The van der Waals surface area contributed by atoms with E-state index in [1.54, 1.807) is 18.0 Å². The summed E-state index contributed by atoms with van der Waals surface area (Å²) >= 11 is 1.74. The molecule has 0 aromatic carbocycles. The average molecular weight is 437 g/mol. The summed E-state index contributed by atoms with van der Waals surface area (Å²) in [6.07, 6.45) is 0.269. The molecule has 1 aromatic heterocycles. The normalized spacial score (nSPS) is 24.3. The molecule has 1 aromatic rings. The maximum Gasteiger partial charge on any atom is 0.434 e. The highest BCUT2D eigenvalue weighted by Crippen LogP contribution is 2.53. The predicted octanol–water partition coefficient (Wildman–Crippen LogP) is 3.04. The molecule has 3 saturated heterocycles. The van der Waals surface area contributed by atoms with Crippen LogP contribution in [0.1, 0.15) is 36.1 Å². The van der Waals surface area contributed by atoms with Crippen molar-refractivity contribution in [3.05, 3.63) is 29.1 Å². The van der Waals surface area contributed by atoms with E-state index in [-0.39, 0.29) is 17.0 Å². The number of amides is 2. The summed E-state index contributed by atoms with van der Waals surface area (Å²) in [7, 11) is 0. The number of nitrogens with zero attached hydrogens (tertiary/aromatic N) is 4. The fourth-order valence-electron chi connectivity index (χ4n) is 5.47. The number of nitriles is 1. The monoisotopic (exact) mass is 437 g/mol. The molecule has 1 aliphatic carbocycles. The Morgan fingerprint density at radius 2 is 2.00 bits per heavy atom. The third-order valence-electron chi connectivity index (χ3n) is 6.85. The van der Waals surface area contributed by atoms with E-state index in [1.807, 2.05) is 9.80 Å². The summed E-state index contributed by atoms with van der Waals surface area (Å²) in [4.78, 5) is 19.9. The highest BCUT2D eigenvalue weighted by atomic mass is 32.2. The summed E-state index contributed by atoms with van der Waals surface area (Å²) in [6, 6.07) is 3.05. The molecule has 4 fully saturated rings. The second kappa shape index (κ2) is 6.76. The summed E-state index contributed by atoms with van der Waals surface area (Å²) in [5.74, 6) is 1.46. The number of hydrogen-bond acceptors (Lipinski definition) is 5. The van der Waals surface area contributed by atoms with E-state index in [9.17, 15) is 18.0 Å². The molecule has 160 valence electrons. The molecule has 1 N–H and O–H groups in total. The quantitative estimate of drug-likeness (QED) is 0.720.